The molecule has 0 saturated heterocycles. The fourth-order valence-corrected chi connectivity index (χ4v) is 2.76. The number of benzene rings is 1. The van der Waals surface area contributed by atoms with Crippen molar-refractivity contribution in [3.8, 4) is 5.69 Å². The SMILES string of the molecule is NC1(c2nncn2-c2ccccc2)CCCCC1. The number of rotatable bonds is 2. The molecule has 94 valence electrons. The first kappa shape index (κ1) is 11.4. The Bertz CT molecular complexity index is 512. The number of hydrogen-bond acceptors (Lipinski definition) is 3. The molecule has 1 aliphatic carbocycles. The van der Waals surface area contributed by atoms with E-state index in [-0.39, 0.29) is 5.54 Å². The zero-order chi connectivity index (χ0) is 12.4. The Labute approximate surface area is 107 Å². The molecule has 4 heteroatoms. The molecule has 2 aromatic rings. The Morgan fingerprint density at radius 3 is 2.50 bits per heavy atom. The predicted molar refractivity (Wildman–Crippen MR) is 70.3 cm³/mol. The number of nitrogens with zero attached hydrogens (tertiary/aromatic N) is 3. The summed E-state index contributed by atoms with van der Waals surface area (Å²) in [4.78, 5) is 0. The number of aromatic nitrogens is 3. The smallest absolute Gasteiger partial charge is 0.157 e. The van der Waals surface area contributed by atoms with Gasteiger partial charge in [0.2, 0.25) is 0 Å². The molecule has 2 N–H and O–H groups in total. The van der Waals surface area contributed by atoms with E-state index in [1.54, 1.807) is 6.33 Å². The maximum Gasteiger partial charge on any atom is 0.157 e. The third-order valence-corrected chi connectivity index (χ3v) is 3.77. The second kappa shape index (κ2) is 4.53. The molecule has 1 aliphatic rings. The highest BCUT2D eigenvalue weighted by molar-refractivity contribution is 5.33. The van der Waals surface area contributed by atoms with Gasteiger partial charge in [-0.1, -0.05) is 37.5 Å². The number of hydrogen-bond donors (Lipinski definition) is 1. The number of para-hydroxylation sites is 1. The van der Waals surface area contributed by atoms with E-state index in [0.717, 1.165) is 24.4 Å². The van der Waals surface area contributed by atoms with Gasteiger partial charge in [-0.25, -0.2) is 0 Å². The molecule has 0 unspecified atom stereocenters. The molecule has 0 amide bonds. The lowest BCUT2D eigenvalue weighted by atomic mass is 9.82. The van der Waals surface area contributed by atoms with E-state index in [1.807, 2.05) is 22.8 Å². The van der Waals surface area contributed by atoms with Crippen LogP contribution in [-0.4, -0.2) is 14.8 Å². The monoisotopic (exact) mass is 242 g/mol. The molecular formula is C14H18N4. The van der Waals surface area contributed by atoms with Gasteiger partial charge in [-0.15, -0.1) is 10.2 Å². The summed E-state index contributed by atoms with van der Waals surface area (Å²) in [5.41, 5.74) is 7.30. The van der Waals surface area contributed by atoms with E-state index in [2.05, 4.69) is 22.3 Å². The van der Waals surface area contributed by atoms with E-state index in [0.29, 0.717) is 0 Å². The van der Waals surface area contributed by atoms with Crippen molar-refractivity contribution in [2.45, 2.75) is 37.6 Å². The molecule has 0 spiro atoms. The van der Waals surface area contributed by atoms with E-state index in [1.165, 1.54) is 19.3 Å². The van der Waals surface area contributed by atoms with Gasteiger partial charge in [0.25, 0.3) is 0 Å². The molecule has 18 heavy (non-hydrogen) atoms. The van der Waals surface area contributed by atoms with Crippen LogP contribution in [0.4, 0.5) is 0 Å². The van der Waals surface area contributed by atoms with Crippen molar-refractivity contribution >= 4 is 0 Å². The topological polar surface area (TPSA) is 56.7 Å². The highest BCUT2D eigenvalue weighted by Gasteiger charge is 2.34. The molecule has 1 aromatic heterocycles. The van der Waals surface area contributed by atoms with Crippen molar-refractivity contribution < 1.29 is 0 Å². The number of nitrogens with two attached hydrogens (primary N) is 1. The van der Waals surface area contributed by atoms with Crippen molar-refractivity contribution in [1.82, 2.24) is 14.8 Å². The van der Waals surface area contributed by atoms with Gasteiger partial charge in [-0.2, -0.15) is 0 Å². The van der Waals surface area contributed by atoms with E-state index in [4.69, 9.17) is 5.73 Å². The van der Waals surface area contributed by atoms with Crippen LogP contribution >= 0.6 is 0 Å². The van der Waals surface area contributed by atoms with E-state index in [9.17, 15) is 0 Å². The van der Waals surface area contributed by atoms with Gasteiger partial charge in [0.05, 0.1) is 5.54 Å². The average molecular weight is 242 g/mol. The molecule has 1 aromatic carbocycles. The summed E-state index contributed by atoms with van der Waals surface area (Å²) < 4.78 is 2.02. The van der Waals surface area contributed by atoms with E-state index < -0.39 is 0 Å². The fourth-order valence-electron chi connectivity index (χ4n) is 2.76. The maximum absolute atomic E-state index is 6.54. The lowest BCUT2D eigenvalue weighted by molar-refractivity contribution is 0.283. The van der Waals surface area contributed by atoms with Crippen LogP contribution in [0.1, 0.15) is 37.9 Å². The zero-order valence-electron chi connectivity index (χ0n) is 10.4. The quantitative estimate of drug-likeness (QED) is 0.879. The van der Waals surface area contributed by atoms with Gasteiger partial charge in [0.1, 0.15) is 6.33 Å². The van der Waals surface area contributed by atoms with Crippen LogP contribution in [0.15, 0.2) is 36.7 Å². The molecule has 0 aliphatic heterocycles. The zero-order valence-corrected chi connectivity index (χ0v) is 10.4. The third-order valence-electron chi connectivity index (χ3n) is 3.77. The summed E-state index contributed by atoms with van der Waals surface area (Å²) in [5.74, 6) is 0.897. The second-order valence-corrected chi connectivity index (χ2v) is 5.08. The van der Waals surface area contributed by atoms with Gasteiger partial charge in [0, 0.05) is 5.69 Å². The summed E-state index contributed by atoms with van der Waals surface area (Å²) in [6.45, 7) is 0. The van der Waals surface area contributed by atoms with Crippen LogP contribution in [0.2, 0.25) is 0 Å². The minimum atomic E-state index is -0.315. The first-order valence-electron chi connectivity index (χ1n) is 6.54. The van der Waals surface area contributed by atoms with Crippen LogP contribution in [-0.2, 0) is 5.54 Å². The summed E-state index contributed by atoms with van der Waals surface area (Å²) in [6.07, 6.45) is 7.39. The molecule has 3 rings (SSSR count). The maximum atomic E-state index is 6.54. The Morgan fingerprint density at radius 2 is 1.78 bits per heavy atom. The summed E-state index contributed by atoms with van der Waals surface area (Å²) >= 11 is 0. The first-order chi connectivity index (χ1) is 8.80. The van der Waals surface area contributed by atoms with Gasteiger partial charge in [0.15, 0.2) is 5.82 Å². The molecule has 0 radical (unpaired) electrons. The molecule has 4 nitrogen and oxygen atoms in total. The first-order valence-corrected chi connectivity index (χ1v) is 6.54. The van der Waals surface area contributed by atoms with Crippen LogP contribution in [0, 0.1) is 0 Å². The second-order valence-electron chi connectivity index (χ2n) is 5.08. The summed E-state index contributed by atoms with van der Waals surface area (Å²) in [5, 5.41) is 8.33. The van der Waals surface area contributed by atoms with Crippen molar-refractivity contribution in [3.05, 3.63) is 42.5 Å². The van der Waals surface area contributed by atoms with Crippen molar-refractivity contribution in [2.75, 3.05) is 0 Å². The van der Waals surface area contributed by atoms with Gasteiger partial charge in [-0.05, 0) is 25.0 Å². The molecular weight excluding hydrogens is 224 g/mol. The lowest BCUT2D eigenvalue weighted by Gasteiger charge is -2.32. The Balaban J connectivity index is 2.01. The fraction of sp³-hybridized carbons (Fsp3) is 0.429. The Morgan fingerprint density at radius 1 is 1.06 bits per heavy atom. The minimum Gasteiger partial charge on any atom is -0.319 e. The van der Waals surface area contributed by atoms with Crippen LogP contribution in [0.5, 0.6) is 0 Å². The van der Waals surface area contributed by atoms with Crippen molar-refractivity contribution in [3.63, 3.8) is 0 Å². The summed E-state index contributed by atoms with van der Waals surface area (Å²) in [6, 6.07) is 10.1. The Hall–Kier alpha value is -1.68. The highest BCUT2D eigenvalue weighted by atomic mass is 15.3. The van der Waals surface area contributed by atoms with Gasteiger partial charge in [-0.3, -0.25) is 4.57 Å². The van der Waals surface area contributed by atoms with Crippen LogP contribution < -0.4 is 5.73 Å². The van der Waals surface area contributed by atoms with Gasteiger partial charge >= 0.3 is 0 Å². The molecule has 0 bridgehead atoms. The highest BCUT2D eigenvalue weighted by Crippen LogP contribution is 2.34. The lowest BCUT2D eigenvalue weighted by Crippen LogP contribution is -2.41. The normalized spacial score (nSPS) is 18.7. The summed E-state index contributed by atoms with van der Waals surface area (Å²) in [7, 11) is 0. The van der Waals surface area contributed by atoms with Crippen LogP contribution in [0.25, 0.3) is 5.69 Å². The molecule has 1 fully saturated rings. The van der Waals surface area contributed by atoms with E-state index >= 15 is 0 Å². The largest absolute Gasteiger partial charge is 0.319 e. The minimum absolute atomic E-state index is 0.315. The van der Waals surface area contributed by atoms with Crippen molar-refractivity contribution in [1.29, 1.82) is 0 Å². The molecule has 0 atom stereocenters. The molecule has 1 saturated carbocycles. The van der Waals surface area contributed by atoms with Crippen molar-refractivity contribution in [2.24, 2.45) is 5.73 Å². The third kappa shape index (κ3) is 1.93. The molecule has 1 heterocycles. The predicted octanol–water partition coefficient (Wildman–Crippen LogP) is 2.39. The Kier molecular flexibility index (Phi) is 2.88. The van der Waals surface area contributed by atoms with Gasteiger partial charge < -0.3 is 5.73 Å². The standard InChI is InChI=1S/C14H18N4/c15-14(9-5-2-6-10-14)13-17-16-11-18(13)12-7-3-1-4-8-12/h1,3-4,7-8,11H,2,5-6,9-10,15H2. The average Bonchev–Trinajstić information content (AvgIpc) is 2.91. The van der Waals surface area contributed by atoms with Crippen LogP contribution in [0.3, 0.4) is 0 Å².